The summed E-state index contributed by atoms with van der Waals surface area (Å²) in [6.45, 7) is 11.2. The molecule has 0 radical (unpaired) electrons. The fourth-order valence-electron chi connectivity index (χ4n) is 6.93. The van der Waals surface area contributed by atoms with Gasteiger partial charge in [0.05, 0.1) is 40.2 Å². The van der Waals surface area contributed by atoms with Crippen LogP contribution in [0.5, 0.6) is 17.2 Å². The number of nitrogens with zero attached hydrogens (tertiary/aromatic N) is 2. The van der Waals surface area contributed by atoms with Crippen LogP contribution >= 0.6 is 7.05 Å². The quantitative estimate of drug-likeness (QED) is 0.134. The van der Waals surface area contributed by atoms with Crippen molar-refractivity contribution in [1.29, 1.82) is 0 Å². The van der Waals surface area contributed by atoms with Crippen LogP contribution in [-0.2, 0) is 11.3 Å². The lowest BCUT2D eigenvalue weighted by Crippen LogP contribution is -2.54. The van der Waals surface area contributed by atoms with E-state index in [1.165, 1.54) is 0 Å². The maximum atomic E-state index is 13.9. The Labute approximate surface area is 310 Å². The summed E-state index contributed by atoms with van der Waals surface area (Å²) >= 11 is 0. The Morgan fingerprint density at radius 3 is 1.69 bits per heavy atom. The van der Waals surface area contributed by atoms with E-state index in [2.05, 4.69) is 74.4 Å². The van der Waals surface area contributed by atoms with Gasteiger partial charge in [0.1, 0.15) is 23.3 Å². The minimum absolute atomic E-state index is 0.0145. The highest BCUT2D eigenvalue weighted by Crippen LogP contribution is 2.49. The fourth-order valence-corrected chi connectivity index (χ4v) is 10.7. The number of amides is 1. The van der Waals surface area contributed by atoms with E-state index in [9.17, 15) is 4.79 Å². The molecule has 1 unspecified atom stereocenters. The topological polar surface area (TPSA) is 84.4 Å². The van der Waals surface area contributed by atoms with Crippen LogP contribution in [0.1, 0.15) is 52.0 Å². The second kappa shape index (κ2) is 17.2. The van der Waals surface area contributed by atoms with Gasteiger partial charge in [0.15, 0.2) is 0 Å². The SMILES string of the molecule is C=C(NC(C(=O)N(C)Cc1ccccc1)C(C)(C)C)N[C@H]1CCCC[C@@H]1N=P(c1ccc(OC)cc1)(c1ccc(OC)cc1)c1ccc(OC)cc1. The van der Waals surface area contributed by atoms with Crippen LogP contribution in [0, 0.1) is 5.41 Å². The first-order valence-corrected chi connectivity index (χ1v) is 19.8. The van der Waals surface area contributed by atoms with E-state index in [-0.39, 0.29) is 23.4 Å². The minimum Gasteiger partial charge on any atom is -0.497 e. The van der Waals surface area contributed by atoms with Crippen LogP contribution in [0.2, 0.25) is 0 Å². The maximum Gasteiger partial charge on any atom is 0.245 e. The molecule has 5 rings (SSSR count). The van der Waals surface area contributed by atoms with E-state index in [1.54, 1.807) is 26.2 Å². The molecular formula is C43H55N4O4P. The number of likely N-dealkylation sites (N-methyl/N-ethyl adjacent to an activating group) is 1. The summed E-state index contributed by atoms with van der Waals surface area (Å²) in [4.78, 5) is 15.7. The van der Waals surface area contributed by atoms with Crippen LogP contribution in [0.3, 0.4) is 0 Å². The van der Waals surface area contributed by atoms with Crippen LogP contribution in [0.25, 0.3) is 0 Å². The van der Waals surface area contributed by atoms with Gasteiger partial charge in [-0.2, -0.15) is 0 Å². The predicted molar refractivity (Wildman–Crippen MR) is 215 cm³/mol. The number of hydrogen-bond donors (Lipinski definition) is 2. The molecule has 0 aromatic heterocycles. The van der Waals surface area contributed by atoms with Crippen molar-refractivity contribution in [1.82, 2.24) is 15.5 Å². The largest absolute Gasteiger partial charge is 0.497 e. The van der Waals surface area contributed by atoms with Crippen LogP contribution in [0.4, 0.5) is 0 Å². The molecule has 4 aromatic carbocycles. The molecule has 9 heteroatoms. The van der Waals surface area contributed by atoms with E-state index in [1.807, 2.05) is 73.8 Å². The lowest BCUT2D eigenvalue weighted by molar-refractivity contribution is -0.135. The van der Waals surface area contributed by atoms with Gasteiger partial charge in [-0.05, 0) is 96.6 Å². The molecule has 0 aliphatic heterocycles. The van der Waals surface area contributed by atoms with Gasteiger partial charge in [-0.1, -0.05) is 70.5 Å². The molecule has 0 bridgehead atoms. The molecule has 0 heterocycles. The number of ether oxygens (including phenoxy) is 3. The Morgan fingerprint density at radius 1 is 0.788 bits per heavy atom. The second-order valence-electron chi connectivity index (χ2n) is 14.5. The highest BCUT2D eigenvalue weighted by atomic mass is 31.2. The van der Waals surface area contributed by atoms with E-state index in [4.69, 9.17) is 19.0 Å². The Bertz CT molecular complexity index is 1700. The smallest absolute Gasteiger partial charge is 0.245 e. The third kappa shape index (κ3) is 9.02. The number of benzene rings is 4. The molecule has 0 spiro atoms. The second-order valence-corrected chi connectivity index (χ2v) is 17.6. The molecule has 52 heavy (non-hydrogen) atoms. The van der Waals surface area contributed by atoms with Gasteiger partial charge in [0, 0.05) is 35.5 Å². The third-order valence-corrected chi connectivity index (χ3v) is 13.6. The molecule has 3 atom stereocenters. The zero-order chi connectivity index (χ0) is 37.3. The van der Waals surface area contributed by atoms with Gasteiger partial charge in [-0.3, -0.25) is 9.54 Å². The van der Waals surface area contributed by atoms with Gasteiger partial charge >= 0.3 is 0 Å². The zero-order valence-electron chi connectivity index (χ0n) is 31.8. The summed E-state index contributed by atoms with van der Waals surface area (Å²) in [6, 6.07) is 34.6. The summed E-state index contributed by atoms with van der Waals surface area (Å²) in [5, 5.41) is 10.6. The van der Waals surface area contributed by atoms with Gasteiger partial charge in [-0.25, -0.2) is 0 Å². The van der Waals surface area contributed by atoms with Gasteiger partial charge in [-0.15, -0.1) is 0 Å². The number of methoxy groups -OCH3 is 3. The van der Waals surface area contributed by atoms with Crippen molar-refractivity contribution >= 4 is 28.9 Å². The van der Waals surface area contributed by atoms with E-state index in [0.29, 0.717) is 12.4 Å². The van der Waals surface area contributed by atoms with Crippen molar-refractivity contribution in [2.24, 2.45) is 10.2 Å². The van der Waals surface area contributed by atoms with Gasteiger partial charge < -0.3 is 29.7 Å². The first kappa shape index (κ1) is 38.5. The summed E-state index contributed by atoms with van der Waals surface area (Å²) in [5.74, 6) is 3.04. The molecule has 1 amide bonds. The molecule has 8 nitrogen and oxygen atoms in total. The van der Waals surface area contributed by atoms with Crippen molar-refractivity contribution in [3.05, 3.63) is 121 Å². The number of hydrogen-bond acceptors (Lipinski definition) is 7. The predicted octanol–water partition coefficient (Wildman–Crippen LogP) is 7.22. The fraction of sp³-hybridized carbons (Fsp3) is 0.372. The van der Waals surface area contributed by atoms with Crippen LogP contribution in [0.15, 0.2) is 120 Å². The number of carbonyl (C=O) groups is 1. The van der Waals surface area contributed by atoms with Crippen molar-refractivity contribution in [2.45, 2.75) is 71.1 Å². The lowest BCUT2D eigenvalue weighted by atomic mass is 9.85. The normalized spacial score (nSPS) is 16.6. The maximum absolute atomic E-state index is 13.9. The molecule has 276 valence electrons. The minimum atomic E-state index is -2.60. The first-order valence-electron chi connectivity index (χ1n) is 18.0. The van der Waals surface area contributed by atoms with Crippen molar-refractivity contribution in [3.8, 4) is 17.2 Å². The Morgan fingerprint density at radius 2 is 1.25 bits per heavy atom. The molecule has 0 saturated heterocycles. The molecular weight excluding hydrogens is 667 g/mol. The summed E-state index contributed by atoms with van der Waals surface area (Å²) < 4.78 is 22.7. The highest BCUT2D eigenvalue weighted by Gasteiger charge is 2.36. The van der Waals surface area contributed by atoms with Crippen LogP contribution < -0.4 is 40.8 Å². The van der Waals surface area contributed by atoms with Gasteiger partial charge in [0.2, 0.25) is 5.91 Å². The van der Waals surface area contributed by atoms with Gasteiger partial charge in [0.25, 0.3) is 0 Å². The number of rotatable bonds is 14. The summed E-state index contributed by atoms with van der Waals surface area (Å²) in [6.07, 6.45) is 4.02. The average molecular weight is 723 g/mol. The molecule has 1 fully saturated rings. The zero-order valence-corrected chi connectivity index (χ0v) is 32.7. The Hall–Kier alpha value is -4.68. The van der Waals surface area contributed by atoms with E-state index >= 15 is 0 Å². The first-order chi connectivity index (χ1) is 25.0. The number of carbonyl (C=O) groups excluding carboxylic acids is 1. The Balaban J connectivity index is 1.53. The Kier molecular flexibility index (Phi) is 12.8. The molecule has 1 saturated carbocycles. The average Bonchev–Trinajstić information content (AvgIpc) is 3.16. The van der Waals surface area contributed by atoms with Crippen molar-refractivity contribution < 1.29 is 19.0 Å². The molecule has 4 aromatic rings. The molecule has 1 aliphatic carbocycles. The summed E-state index contributed by atoms with van der Waals surface area (Å²) in [5.41, 5.74) is 0.729. The summed E-state index contributed by atoms with van der Waals surface area (Å²) in [7, 11) is 4.32. The third-order valence-electron chi connectivity index (χ3n) is 9.82. The number of nitrogens with one attached hydrogen (secondary N) is 2. The lowest BCUT2D eigenvalue weighted by Gasteiger charge is -2.38. The van der Waals surface area contributed by atoms with Crippen molar-refractivity contribution in [3.63, 3.8) is 0 Å². The highest BCUT2D eigenvalue weighted by molar-refractivity contribution is 7.87. The molecule has 2 N–H and O–H groups in total. The van der Waals surface area contributed by atoms with E-state index < -0.39 is 13.1 Å². The molecule has 1 aliphatic rings. The standard InChI is InChI=1S/C43H55N4O4P/c1-31(45-41(43(2,3)4)42(48)47(5)30-32-14-10-9-11-15-32)44-39-16-12-13-17-40(39)46-52(36-24-18-33(49-6)19-25-36,37-26-20-34(50-7)21-27-37)38-28-22-35(51-8)23-29-38/h9-11,14-15,18-29,39-41,44-45H,1,12-13,16-17,30H2,2-8H3/t39-,40-,41?/m0/s1. The van der Waals surface area contributed by atoms with Crippen LogP contribution in [-0.4, -0.2) is 57.3 Å². The van der Waals surface area contributed by atoms with E-state index in [0.717, 1.165) is 64.4 Å². The monoisotopic (exact) mass is 722 g/mol. The van der Waals surface area contributed by atoms with Crippen molar-refractivity contribution in [2.75, 3.05) is 28.4 Å².